The van der Waals surface area contributed by atoms with Crippen molar-refractivity contribution in [1.82, 2.24) is 20.4 Å². The number of aromatic nitrogens is 2. The van der Waals surface area contributed by atoms with Gasteiger partial charge in [-0.15, -0.1) is 0 Å². The molecule has 3 aromatic rings. The number of benzene rings is 2. The molecule has 0 aliphatic rings. The number of hydrogen-bond acceptors (Lipinski definition) is 4. The van der Waals surface area contributed by atoms with Crippen molar-refractivity contribution in [3.05, 3.63) is 65.6 Å². The summed E-state index contributed by atoms with van der Waals surface area (Å²) in [5.41, 5.74) is 0.471. The Morgan fingerprint density at radius 3 is 2.41 bits per heavy atom. The molecule has 1 aromatic heterocycles. The summed E-state index contributed by atoms with van der Waals surface area (Å²) in [6, 6.07) is 12.4. The first kappa shape index (κ1) is 22.9. The number of fused-ring (bicyclic) bond motifs is 1. The number of nitrogens with zero attached hydrogens (tertiary/aromatic N) is 2. The molecule has 2 aromatic carbocycles. The van der Waals surface area contributed by atoms with E-state index in [2.05, 4.69) is 15.7 Å². The maximum Gasteiger partial charge on any atom is 0.322 e. The number of carboxylic acids is 1. The van der Waals surface area contributed by atoms with Gasteiger partial charge in [0.15, 0.2) is 5.69 Å². The van der Waals surface area contributed by atoms with E-state index in [4.69, 9.17) is 5.11 Å². The molecule has 0 aliphatic heterocycles. The van der Waals surface area contributed by atoms with E-state index < -0.39 is 35.8 Å². The van der Waals surface area contributed by atoms with Gasteiger partial charge in [-0.1, -0.05) is 57.2 Å². The molecule has 0 aliphatic carbocycles. The third-order valence-corrected chi connectivity index (χ3v) is 4.97. The molecule has 1 atom stereocenters. The van der Waals surface area contributed by atoms with Crippen molar-refractivity contribution in [1.29, 1.82) is 0 Å². The lowest BCUT2D eigenvalue weighted by Gasteiger charge is -2.30. The molecule has 0 saturated heterocycles. The SMILES string of the molecule is CC(C)(C)C(NC(=O)c1nn(Cc2ccccc2F)c2ccccc12)C(=O)NCC(=O)O. The van der Waals surface area contributed by atoms with Gasteiger partial charge in [-0.2, -0.15) is 5.10 Å². The normalized spacial score (nSPS) is 12.4. The lowest BCUT2D eigenvalue weighted by Crippen LogP contribution is -2.54. The van der Waals surface area contributed by atoms with Gasteiger partial charge in [-0.25, -0.2) is 4.39 Å². The Labute approximate surface area is 184 Å². The second-order valence-corrected chi connectivity index (χ2v) is 8.50. The van der Waals surface area contributed by atoms with Gasteiger partial charge in [-0.05, 0) is 17.5 Å². The van der Waals surface area contributed by atoms with Crippen LogP contribution in [0.1, 0.15) is 36.8 Å². The van der Waals surface area contributed by atoms with Gasteiger partial charge in [0, 0.05) is 10.9 Å². The Morgan fingerprint density at radius 1 is 1.09 bits per heavy atom. The van der Waals surface area contributed by atoms with E-state index in [1.807, 2.05) is 0 Å². The minimum Gasteiger partial charge on any atom is -0.480 e. The fraction of sp³-hybridized carbons (Fsp3) is 0.304. The van der Waals surface area contributed by atoms with Crippen molar-refractivity contribution >= 4 is 28.7 Å². The van der Waals surface area contributed by atoms with Crippen LogP contribution < -0.4 is 10.6 Å². The van der Waals surface area contributed by atoms with Crippen molar-refractivity contribution in [3.8, 4) is 0 Å². The zero-order chi connectivity index (χ0) is 23.5. The van der Waals surface area contributed by atoms with Gasteiger partial charge in [0.25, 0.3) is 5.91 Å². The maximum absolute atomic E-state index is 14.2. The Bertz CT molecular complexity index is 1170. The molecule has 1 unspecified atom stereocenters. The van der Waals surface area contributed by atoms with Gasteiger partial charge in [0.2, 0.25) is 5.91 Å². The number of nitrogens with one attached hydrogen (secondary N) is 2. The Balaban J connectivity index is 1.92. The van der Waals surface area contributed by atoms with Crippen LogP contribution in [0.4, 0.5) is 4.39 Å². The first-order chi connectivity index (χ1) is 15.1. The number of carboxylic acid groups (broad SMARTS) is 1. The number of aliphatic carboxylic acids is 1. The van der Waals surface area contributed by atoms with E-state index in [0.717, 1.165) is 0 Å². The van der Waals surface area contributed by atoms with E-state index in [1.165, 1.54) is 6.07 Å². The van der Waals surface area contributed by atoms with Gasteiger partial charge >= 0.3 is 5.97 Å². The van der Waals surface area contributed by atoms with Crippen LogP contribution in [-0.2, 0) is 16.1 Å². The van der Waals surface area contributed by atoms with Crippen LogP contribution in [0.5, 0.6) is 0 Å². The number of carbonyl (C=O) groups is 3. The summed E-state index contributed by atoms with van der Waals surface area (Å²) >= 11 is 0. The minimum atomic E-state index is -1.18. The summed E-state index contributed by atoms with van der Waals surface area (Å²) in [7, 11) is 0. The molecule has 2 amide bonds. The average Bonchev–Trinajstić information content (AvgIpc) is 3.09. The predicted octanol–water partition coefficient (Wildman–Crippen LogP) is 2.57. The Kier molecular flexibility index (Phi) is 6.57. The van der Waals surface area contributed by atoms with Crippen LogP contribution in [0.25, 0.3) is 10.9 Å². The smallest absolute Gasteiger partial charge is 0.322 e. The van der Waals surface area contributed by atoms with E-state index in [-0.39, 0.29) is 18.1 Å². The third-order valence-electron chi connectivity index (χ3n) is 4.97. The quantitative estimate of drug-likeness (QED) is 0.523. The van der Waals surface area contributed by atoms with E-state index >= 15 is 0 Å². The molecule has 3 N–H and O–H groups in total. The lowest BCUT2D eigenvalue weighted by atomic mass is 9.86. The fourth-order valence-corrected chi connectivity index (χ4v) is 3.34. The van der Waals surface area contributed by atoms with E-state index in [1.54, 1.807) is 67.9 Å². The van der Waals surface area contributed by atoms with Gasteiger partial charge < -0.3 is 15.7 Å². The second kappa shape index (κ2) is 9.17. The number of amides is 2. The summed E-state index contributed by atoms with van der Waals surface area (Å²) in [6.07, 6.45) is 0. The Morgan fingerprint density at radius 2 is 1.75 bits per heavy atom. The monoisotopic (exact) mass is 440 g/mol. The number of halogens is 1. The predicted molar refractivity (Wildman–Crippen MR) is 117 cm³/mol. The first-order valence-corrected chi connectivity index (χ1v) is 10.1. The second-order valence-electron chi connectivity index (χ2n) is 8.50. The fourth-order valence-electron chi connectivity index (χ4n) is 3.34. The molecular weight excluding hydrogens is 415 g/mol. The van der Waals surface area contributed by atoms with Crippen molar-refractivity contribution in [2.75, 3.05) is 6.54 Å². The molecule has 0 radical (unpaired) electrons. The average molecular weight is 440 g/mol. The number of para-hydroxylation sites is 1. The number of rotatable bonds is 7. The van der Waals surface area contributed by atoms with E-state index in [9.17, 15) is 18.8 Å². The Hall–Kier alpha value is -3.75. The highest BCUT2D eigenvalue weighted by molar-refractivity contribution is 6.06. The van der Waals surface area contributed by atoms with Gasteiger partial charge in [0.05, 0.1) is 12.1 Å². The molecule has 8 nitrogen and oxygen atoms in total. The van der Waals surface area contributed by atoms with Crippen LogP contribution in [-0.4, -0.2) is 45.3 Å². The summed E-state index contributed by atoms with van der Waals surface area (Å²) in [5.74, 6) is -2.75. The molecule has 32 heavy (non-hydrogen) atoms. The first-order valence-electron chi connectivity index (χ1n) is 10.1. The molecule has 0 saturated carbocycles. The molecule has 3 rings (SSSR count). The third kappa shape index (κ3) is 5.11. The van der Waals surface area contributed by atoms with E-state index in [0.29, 0.717) is 16.5 Å². The molecule has 0 bridgehead atoms. The highest BCUT2D eigenvalue weighted by Crippen LogP contribution is 2.23. The van der Waals surface area contributed by atoms with Crippen LogP contribution in [0.3, 0.4) is 0 Å². The van der Waals surface area contributed by atoms with Crippen molar-refractivity contribution < 1.29 is 23.9 Å². The molecular formula is C23H25FN4O4. The summed E-state index contributed by atoms with van der Waals surface area (Å²) in [6.45, 7) is 4.84. The molecule has 168 valence electrons. The maximum atomic E-state index is 14.2. The lowest BCUT2D eigenvalue weighted by molar-refractivity contribution is -0.138. The highest BCUT2D eigenvalue weighted by Gasteiger charge is 2.34. The largest absolute Gasteiger partial charge is 0.480 e. The van der Waals surface area contributed by atoms with Crippen molar-refractivity contribution in [3.63, 3.8) is 0 Å². The summed E-state index contributed by atoms with van der Waals surface area (Å²) < 4.78 is 15.7. The number of hydrogen-bond donors (Lipinski definition) is 3. The zero-order valence-corrected chi connectivity index (χ0v) is 18.1. The molecule has 1 heterocycles. The van der Waals surface area contributed by atoms with Gasteiger partial charge in [0.1, 0.15) is 18.4 Å². The van der Waals surface area contributed by atoms with Gasteiger partial charge in [-0.3, -0.25) is 19.1 Å². The summed E-state index contributed by atoms with van der Waals surface area (Å²) in [4.78, 5) is 36.5. The van der Waals surface area contributed by atoms with Crippen LogP contribution in [0.2, 0.25) is 0 Å². The standard InChI is InChI=1S/C23H25FN4O4/c1-23(2,3)20(22(32)25-12-18(29)30)26-21(31)19-15-9-5-7-11-17(15)28(27-19)13-14-8-4-6-10-16(14)24/h4-11,20H,12-13H2,1-3H3,(H,25,32)(H,26,31)(H,29,30). The van der Waals surface area contributed by atoms with Crippen LogP contribution >= 0.6 is 0 Å². The van der Waals surface area contributed by atoms with Crippen LogP contribution in [0.15, 0.2) is 48.5 Å². The van der Waals surface area contributed by atoms with Crippen molar-refractivity contribution in [2.24, 2.45) is 5.41 Å². The highest BCUT2D eigenvalue weighted by atomic mass is 19.1. The summed E-state index contributed by atoms with van der Waals surface area (Å²) in [5, 5.41) is 18.8. The minimum absolute atomic E-state index is 0.0947. The molecule has 0 fully saturated rings. The number of carbonyl (C=O) groups excluding carboxylic acids is 2. The zero-order valence-electron chi connectivity index (χ0n) is 18.1. The topological polar surface area (TPSA) is 113 Å². The molecule has 0 spiro atoms. The molecule has 9 heteroatoms. The van der Waals surface area contributed by atoms with Crippen LogP contribution in [0, 0.1) is 11.2 Å². The van der Waals surface area contributed by atoms with Crippen molar-refractivity contribution in [2.45, 2.75) is 33.4 Å².